The molecule has 0 heterocycles. The topological polar surface area (TPSA) is 86.8 Å². The van der Waals surface area contributed by atoms with Crippen molar-refractivity contribution in [1.82, 2.24) is 10.2 Å². The first-order chi connectivity index (χ1) is 20.0. The molecule has 0 radical (unpaired) electrons. The van der Waals surface area contributed by atoms with Crippen LogP contribution in [0.2, 0.25) is 5.02 Å². The van der Waals surface area contributed by atoms with Gasteiger partial charge in [-0.25, -0.2) is 8.42 Å². The monoisotopic (exact) mass is 637 g/mol. The van der Waals surface area contributed by atoms with E-state index >= 15 is 0 Å². The van der Waals surface area contributed by atoms with Crippen molar-refractivity contribution in [3.05, 3.63) is 94.0 Å². The zero-order valence-corrected chi connectivity index (χ0v) is 26.1. The Balaban J connectivity index is 2.12. The predicted octanol–water partition coefficient (Wildman–Crippen LogP) is 6.50. The highest BCUT2D eigenvalue weighted by Crippen LogP contribution is 2.38. The van der Waals surface area contributed by atoms with Gasteiger partial charge in [0.15, 0.2) is 0 Å². The number of alkyl halides is 3. The van der Waals surface area contributed by atoms with Gasteiger partial charge in [-0.05, 0) is 70.0 Å². The van der Waals surface area contributed by atoms with Gasteiger partial charge in [0.05, 0.1) is 21.2 Å². The maximum Gasteiger partial charge on any atom is 0.417 e. The molecule has 0 saturated carbocycles. The fourth-order valence-corrected chi connectivity index (χ4v) is 5.94. The van der Waals surface area contributed by atoms with Crippen LogP contribution >= 0.6 is 11.6 Å². The maximum atomic E-state index is 14.0. The highest BCUT2D eigenvalue weighted by molar-refractivity contribution is 7.92. The van der Waals surface area contributed by atoms with E-state index in [9.17, 15) is 31.2 Å². The zero-order valence-electron chi connectivity index (χ0n) is 24.6. The van der Waals surface area contributed by atoms with Crippen LogP contribution in [0.4, 0.5) is 18.9 Å². The van der Waals surface area contributed by atoms with Gasteiger partial charge in [-0.2, -0.15) is 13.2 Å². The summed E-state index contributed by atoms with van der Waals surface area (Å²) in [6.45, 7) is 7.93. The fraction of sp³-hybridized carbons (Fsp3) is 0.355. The smallest absolute Gasteiger partial charge is 0.352 e. The molecule has 43 heavy (non-hydrogen) atoms. The van der Waals surface area contributed by atoms with E-state index in [4.69, 9.17) is 11.6 Å². The molecule has 1 N–H and O–H groups in total. The summed E-state index contributed by atoms with van der Waals surface area (Å²) in [5.41, 5.74) is 0.707. The highest BCUT2D eigenvalue weighted by atomic mass is 35.5. The molecule has 3 rings (SSSR count). The van der Waals surface area contributed by atoms with Crippen LogP contribution in [0.25, 0.3) is 0 Å². The molecule has 232 valence electrons. The summed E-state index contributed by atoms with van der Waals surface area (Å²) in [7, 11) is -4.55. The molecule has 0 bridgehead atoms. The number of hydrogen-bond acceptors (Lipinski definition) is 4. The summed E-state index contributed by atoms with van der Waals surface area (Å²) in [6, 6.07) is 14.4. The number of nitrogens with zero attached hydrogens (tertiary/aromatic N) is 2. The van der Waals surface area contributed by atoms with Gasteiger partial charge in [-0.3, -0.25) is 13.9 Å². The predicted molar refractivity (Wildman–Crippen MR) is 161 cm³/mol. The van der Waals surface area contributed by atoms with Crippen molar-refractivity contribution in [2.45, 2.75) is 70.7 Å². The Morgan fingerprint density at radius 3 is 2.19 bits per heavy atom. The number of nitrogens with one attached hydrogen (secondary N) is 1. The lowest BCUT2D eigenvalue weighted by atomic mass is 10.1. The molecule has 0 spiro atoms. The van der Waals surface area contributed by atoms with Crippen molar-refractivity contribution in [3.8, 4) is 0 Å². The van der Waals surface area contributed by atoms with E-state index in [-0.39, 0.29) is 17.5 Å². The number of sulfonamides is 1. The Kier molecular flexibility index (Phi) is 10.9. The molecular formula is C31H35ClF3N3O4S. The van der Waals surface area contributed by atoms with Crippen molar-refractivity contribution in [3.63, 3.8) is 0 Å². The molecule has 0 aliphatic rings. The second-order valence-electron chi connectivity index (χ2n) is 10.5. The van der Waals surface area contributed by atoms with Gasteiger partial charge in [-0.15, -0.1) is 0 Å². The number of carbonyl (C=O) groups excluding carboxylic acids is 2. The lowest BCUT2D eigenvalue weighted by Crippen LogP contribution is -2.52. The Labute approximate surface area is 255 Å². The van der Waals surface area contributed by atoms with E-state index in [0.717, 1.165) is 23.3 Å². The van der Waals surface area contributed by atoms with Crippen LogP contribution in [0.15, 0.2) is 71.6 Å². The van der Waals surface area contributed by atoms with E-state index in [1.54, 1.807) is 31.2 Å². The van der Waals surface area contributed by atoms with Crippen molar-refractivity contribution in [2.75, 3.05) is 10.8 Å². The van der Waals surface area contributed by atoms with Gasteiger partial charge in [0, 0.05) is 12.6 Å². The largest absolute Gasteiger partial charge is 0.417 e. The van der Waals surface area contributed by atoms with E-state index in [1.807, 2.05) is 32.9 Å². The van der Waals surface area contributed by atoms with Gasteiger partial charge in [0.25, 0.3) is 10.0 Å². The molecule has 0 fully saturated rings. The van der Waals surface area contributed by atoms with E-state index < -0.39 is 56.9 Å². The standard InChI is InChI=1S/C31H35ClF3N3O4S/c1-6-22(4)36-30(40)23(5)37(18-24-9-7-8-21(3)16-24)29(39)19-38(43(41,42)26-13-10-20(2)11-14-26)25-12-15-28(32)27(17-25)31(33,34)35/h7-17,22-23H,6,18-19H2,1-5H3,(H,36,40)/t22-,23-/m1/s1. The number of carbonyl (C=O) groups is 2. The third-order valence-electron chi connectivity index (χ3n) is 7.03. The number of benzene rings is 3. The molecule has 7 nitrogen and oxygen atoms in total. The Morgan fingerprint density at radius 1 is 0.953 bits per heavy atom. The summed E-state index contributed by atoms with van der Waals surface area (Å²) in [4.78, 5) is 28.1. The van der Waals surface area contributed by atoms with Crippen molar-refractivity contribution >= 4 is 39.1 Å². The number of amides is 2. The molecule has 0 aliphatic heterocycles. The van der Waals surface area contributed by atoms with Crippen molar-refractivity contribution in [2.24, 2.45) is 0 Å². The van der Waals surface area contributed by atoms with E-state index in [2.05, 4.69) is 5.32 Å². The normalized spacial score (nSPS) is 13.2. The Hall–Kier alpha value is -3.57. The number of hydrogen-bond donors (Lipinski definition) is 1. The maximum absolute atomic E-state index is 14.0. The van der Waals surface area contributed by atoms with Gasteiger partial charge in [0.2, 0.25) is 11.8 Å². The Morgan fingerprint density at radius 2 is 1.60 bits per heavy atom. The minimum Gasteiger partial charge on any atom is -0.352 e. The van der Waals surface area contributed by atoms with Gasteiger partial charge in [0.1, 0.15) is 12.6 Å². The fourth-order valence-electron chi connectivity index (χ4n) is 4.31. The minimum atomic E-state index is -4.88. The summed E-state index contributed by atoms with van der Waals surface area (Å²) >= 11 is 5.82. The third-order valence-corrected chi connectivity index (χ3v) is 9.15. The first-order valence-electron chi connectivity index (χ1n) is 13.7. The van der Waals surface area contributed by atoms with Crippen LogP contribution in [0.3, 0.4) is 0 Å². The molecular weight excluding hydrogens is 603 g/mol. The summed E-state index contributed by atoms with van der Waals surface area (Å²) in [5, 5.41) is 2.22. The molecule has 0 aliphatic carbocycles. The van der Waals surface area contributed by atoms with Crippen molar-refractivity contribution < 1.29 is 31.2 Å². The number of halogens is 4. The first-order valence-corrected chi connectivity index (χ1v) is 15.5. The van der Waals surface area contributed by atoms with Crippen LogP contribution in [-0.2, 0) is 32.3 Å². The molecule has 0 saturated heterocycles. The van der Waals surface area contributed by atoms with Gasteiger partial charge >= 0.3 is 6.18 Å². The molecule has 2 atom stereocenters. The van der Waals surface area contributed by atoms with E-state index in [1.165, 1.54) is 24.0 Å². The van der Waals surface area contributed by atoms with Gasteiger partial charge < -0.3 is 10.2 Å². The van der Waals surface area contributed by atoms with Crippen LogP contribution in [0.5, 0.6) is 0 Å². The van der Waals surface area contributed by atoms with Gasteiger partial charge in [-0.1, -0.05) is 66.0 Å². The van der Waals surface area contributed by atoms with Crippen LogP contribution in [-0.4, -0.2) is 43.8 Å². The number of rotatable bonds is 11. The Bertz CT molecular complexity index is 1560. The lowest BCUT2D eigenvalue weighted by Gasteiger charge is -2.32. The first kappa shape index (κ1) is 33.9. The van der Waals surface area contributed by atoms with Crippen molar-refractivity contribution in [1.29, 1.82) is 0 Å². The molecule has 3 aromatic rings. The van der Waals surface area contributed by atoms with Crippen LogP contribution in [0, 0.1) is 13.8 Å². The zero-order chi connectivity index (χ0) is 32.1. The molecule has 3 aromatic carbocycles. The molecule has 12 heteroatoms. The summed E-state index contributed by atoms with van der Waals surface area (Å²) in [5.74, 6) is -1.23. The average molecular weight is 638 g/mol. The summed E-state index contributed by atoms with van der Waals surface area (Å²) < 4.78 is 69.8. The van der Waals surface area contributed by atoms with E-state index in [0.29, 0.717) is 22.4 Å². The lowest BCUT2D eigenvalue weighted by molar-refractivity contribution is -0.139. The minimum absolute atomic E-state index is 0.0392. The number of anilines is 1. The third kappa shape index (κ3) is 8.51. The molecule has 2 amide bonds. The quantitative estimate of drug-likeness (QED) is 0.260. The molecule has 0 unspecified atom stereocenters. The van der Waals surface area contributed by atoms with Crippen LogP contribution in [0.1, 0.15) is 49.4 Å². The second-order valence-corrected chi connectivity index (χ2v) is 12.8. The second kappa shape index (κ2) is 13.8. The highest BCUT2D eigenvalue weighted by Gasteiger charge is 2.37. The SMILES string of the molecule is CC[C@@H](C)NC(=O)[C@@H](C)N(Cc1cccc(C)c1)C(=O)CN(c1ccc(Cl)c(C(F)(F)F)c1)S(=O)(=O)c1ccc(C)cc1. The van der Waals surface area contributed by atoms with Crippen LogP contribution < -0.4 is 9.62 Å². The molecule has 0 aromatic heterocycles. The average Bonchev–Trinajstić information content (AvgIpc) is 2.94. The number of aryl methyl sites for hydroxylation is 2. The summed E-state index contributed by atoms with van der Waals surface area (Å²) in [6.07, 6.45) is -4.23.